The van der Waals surface area contributed by atoms with Crippen molar-refractivity contribution in [1.82, 2.24) is 60.8 Å². The summed E-state index contributed by atoms with van der Waals surface area (Å²) < 4.78 is 19.3. The number of benzene rings is 7. The molecule has 3 aliphatic carbocycles. The number of hydrogen-bond acceptors (Lipinski definition) is 16. The highest BCUT2D eigenvalue weighted by Crippen LogP contribution is 2.52. The summed E-state index contributed by atoms with van der Waals surface area (Å²) in [4.78, 5) is 139. The van der Waals surface area contributed by atoms with Gasteiger partial charge in [0, 0.05) is 48.9 Å². The normalized spacial score (nSPS) is 22.6. The molecule has 126 heavy (non-hydrogen) atoms. The minimum atomic E-state index is -0.683. The van der Waals surface area contributed by atoms with Crippen LogP contribution in [0, 0.1) is 41.4 Å². The second-order valence-corrected chi connectivity index (χ2v) is 37.0. The number of alkyl carbamates (subject to hydrolysis) is 4. The van der Waals surface area contributed by atoms with Crippen molar-refractivity contribution in [3.8, 4) is 66.9 Å². The first-order chi connectivity index (χ1) is 60.8. The van der Waals surface area contributed by atoms with Gasteiger partial charge in [-0.3, -0.25) is 29.2 Å². The van der Waals surface area contributed by atoms with E-state index in [1.54, 1.807) is 0 Å². The molecule has 6 aliphatic heterocycles. The highest BCUT2D eigenvalue weighted by Gasteiger charge is 2.55. The molecule has 7 fully saturated rings. The van der Waals surface area contributed by atoms with Crippen LogP contribution in [0.2, 0.25) is 0 Å². The Hall–Kier alpha value is -12.5. The lowest BCUT2D eigenvalue weighted by molar-refractivity contribution is -0.139. The first-order valence-electron chi connectivity index (χ1n) is 44.8. The number of likely N-dealkylation sites (tertiary alicyclic amines) is 4. The quantitative estimate of drug-likeness (QED) is 0.0344. The number of methoxy groups -OCH3 is 4. The fraction of sp³-hybridized carbons (Fsp3) is 0.440. The van der Waals surface area contributed by atoms with Gasteiger partial charge in [-0.25, -0.2) is 29.1 Å². The minimum absolute atomic E-state index is 0.0466. The van der Waals surface area contributed by atoms with Crippen LogP contribution >= 0.6 is 0 Å². The van der Waals surface area contributed by atoms with Crippen LogP contribution in [0.5, 0.6) is 0 Å². The molecule has 8 heterocycles. The second-order valence-electron chi connectivity index (χ2n) is 37.0. The van der Waals surface area contributed by atoms with Gasteiger partial charge < -0.3 is 69.8 Å². The fourth-order valence-corrected chi connectivity index (χ4v) is 21.5. The minimum Gasteiger partial charge on any atom is -0.453 e. The van der Waals surface area contributed by atoms with Crippen molar-refractivity contribution in [1.29, 1.82) is 0 Å². The lowest BCUT2D eigenvalue weighted by Gasteiger charge is -2.38. The van der Waals surface area contributed by atoms with E-state index < -0.39 is 48.5 Å². The molecule has 2 aromatic heterocycles. The maximum atomic E-state index is 14.1. The van der Waals surface area contributed by atoms with Gasteiger partial charge in [0.05, 0.1) is 86.9 Å². The van der Waals surface area contributed by atoms with Crippen molar-refractivity contribution < 1.29 is 57.3 Å². The number of ether oxygens (including phenoxy) is 4. The van der Waals surface area contributed by atoms with Gasteiger partial charge in [0.15, 0.2) is 0 Å². The molecule has 656 valence electrons. The first-order valence-corrected chi connectivity index (χ1v) is 44.8. The van der Waals surface area contributed by atoms with Crippen LogP contribution in [0.15, 0.2) is 168 Å². The number of nitrogens with zero attached hydrogens (tertiary/aromatic N) is 8. The molecule has 26 nitrogen and oxygen atoms in total. The number of H-pyrrole nitrogens is 2. The Morgan fingerprint density at radius 1 is 0.381 bits per heavy atom. The summed E-state index contributed by atoms with van der Waals surface area (Å²) in [6.45, 7) is 16.1. The largest absolute Gasteiger partial charge is 0.453 e. The molecule has 3 saturated carbocycles. The third-order valence-corrected chi connectivity index (χ3v) is 27.9. The van der Waals surface area contributed by atoms with E-state index in [4.69, 9.17) is 38.9 Å². The second kappa shape index (κ2) is 35.9. The molecule has 6 N–H and O–H groups in total. The summed E-state index contributed by atoms with van der Waals surface area (Å²) in [5.41, 5.74) is 21.1. The number of carbonyl (C=O) groups excluding carboxylic acids is 8. The summed E-state index contributed by atoms with van der Waals surface area (Å²) in [5, 5.41) is 11.1. The van der Waals surface area contributed by atoms with E-state index in [0.29, 0.717) is 37.1 Å². The predicted molar refractivity (Wildman–Crippen MR) is 483 cm³/mol. The van der Waals surface area contributed by atoms with E-state index in [1.807, 2.05) is 87.3 Å². The lowest BCUT2D eigenvalue weighted by atomic mass is 9.90. The fourth-order valence-electron chi connectivity index (χ4n) is 21.5. The van der Waals surface area contributed by atoms with Gasteiger partial charge in [0.1, 0.15) is 35.8 Å². The van der Waals surface area contributed by atoms with Crippen LogP contribution in [0.4, 0.5) is 30.6 Å². The topological polar surface area (TPSA) is 317 Å². The van der Waals surface area contributed by atoms with E-state index in [0.717, 1.165) is 189 Å². The zero-order valence-electron chi connectivity index (χ0n) is 73.8. The number of fused-ring (bicyclic) bond motifs is 9. The molecule has 14 atom stereocenters. The van der Waals surface area contributed by atoms with Gasteiger partial charge in [-0.15, -0.1) is 0 Å². The van der Waals surface area contributed by atoms with Crippen LogP contribution in [0.25, 0.3) is 77.9 Å². The molecule has 9 aromatic rings. The lowest BCUT2D eigenvalue weighted by Crippen LogP contribution is -2.57. The standard InChI is InChI=1S/C53H59N7O6.C47H55N7O6/c1-28(2)45(57-52(63)65-5)50(61)59-39-19-15-36(24-39)47(59)44-27-38-23-34(17-21-41(38)54-44)32-11-7-30(8-12-32)31-9-13-33(14-10-31)35-18-22-42-43(26-35)56-49(55-42)48-37-16-20-40(25-37)60(48)51(62)46(29(3)4)58-53(64)66-6;1-26(2)40(51-46(57)59-5)44(55)53-21-7-8-39(53)43-48-25-38(50-43)31-15-13-29(14-16-31)28-9-11-30(12-10-28)32-18-20-36-34(22-32)24-37(49-36)42-33-17-19-35(23-33)54(42)45(56)41(27(3)4)52-47(58)60-6/h7-14,17-18,21-23,26,28-29,36-37,39-40,45-48H,15-16,19-20,24-25,27H2,1-6H3,(H,55,56)(H,57,63)(H,58,64);9-16,18,20,22,25-27,33,35,39-42H,7-8,17,19,21,23-24H2,1-6H3,(H,48,50)(H,51,57)(H,52,58)/t36-,37-,39+,40+,45-,46-,47-,48-;33-,35+,39-,40-,41-,42-/m00/s1. The number of aliphatic imine (C=N–C) groups is 2. The van der Waals surface area contributed by atoms with Gasteiger partial charge in [0.25, 0.3) is 0 Å². The molecule has 18 rings (SSSR count). The van der Waals surface area contributed by atoms with Crippen molar-refractivity contribution in [2.24, 2.45) is 51.4 Å². The van der Waals surface area contributed by atoms with Crippen LogP contribution in [-0.2, 0) is 51.0 Å². The van der Waals surface area contributed by atoms with Gasteiger partial charge in [-0.1, -0.05) is 171 Å². The molecule has 8 amide bonds. The highest BCUT2D eigenvalue weighted by atomic mass is 16.5. The Kier molecular flexibility index (Phi) is 24.4. The van der Waals surface area contributed by atoms with E-state index >= 15 is 0 Å². The average Bonchev–Trinajstić information content (AvgIpc) is 1.59. The number of aromatic nitrogens is 4. The Labute approximate surface area is 735 Å². The van der Waals surface area contributed by atoms with E-state index in [9.17, 15) is 38.4 Å². The molecule has 0 radical (unpaired) electrons. The third-order valence-electron chi connectivity index (χ3n) is 27.9. The maximum Gasteiger partial charge on any atom is 0.407 e. The van der Waals surface area contributed by atoms with Crippen molar-refractivity contribution in [3.05, 3.63) is 181 Å². The maximum absolute atomic E-state index is 14.1. The van der Waals surface area contributed by atoms with E-state index in [-0.39, 0.29) is 89.6 Å². The summed E-state index contributed by atoms with van der Waals surface area (Å²) in [6.07, 6.45) is 11.5. The number of rotatable bonds is 22. The van der Waals surface area contributed by atoms with Crippen LogP contribution < -0.4 is 21.3 Å². The molecule has 4 saturated heterocycles. The summed E-state index contributed by atoms with van der Waals surface area (Å²) in [7, 11) is 5.25. The summed E-state index contributed by atoms with van der Waals surface area (Å²) in [6, 6.07) is 50.7. The zero-order valence-corrected chi connectivity index (χ0v) is 73.8. The number of amides is 8. The molecule has 7 aromatic carbocycles. The molecular weight excluding hydrogens is 1590 g/mol. The predicted octanol–water partition coefficient (Wildman–Crippen LogP) is 17.2. The molecule has 0 spiro atoms. The average molecular weight is 1700 g/mol. The van der Waals surface area contributed by atoms with Crippen molar-refractivity contribution >= 4 is 81.8 Å². The molecule has 6 bridgehead atoms. The van der Waals surface area contributed by atoms with Crippen LogP contribution in [-0.4, -0.2) is 188 Å². The van der Waals surface area contributed by atoms with Crippen LogP contribution in [0.1, 0.15) is 161 Å². The van der Waals surface area contributed by atoms with E-state index in [2.05, 4.69) is 177 Å². The number of imidazole rings is 2. The highest BCUT2D eigenvalue weighted by molar-refractivity contribution is 6.04. The Morgan fingerprint density at radius 3 is 1.11 bits per heavy atom. The van der Waals surface area contributed by atoms with Gasteiger partial charge in [-0.05, 0) is 221 Å². The summed E-state index contributed by atoms with van der Waals surface area (Å²) >= 11 is 0. The summed E-state index contributed by atoms with van der Waals surface area (Å²) in [5.74, 6) is 1.91. The molecule has 0 unspecified atom stereocenters. The monoisotopic (exact) mass is 1700 g/mol. The molecular formula is C100H114N14O12. The SMILES string of the molecule is COC(=O)N[C@H](C(=O)N1CCC[C@H]1c1ncc(-c2ccc(-c3ccc(-c4ccc5c(c4)CC([C@@H]4[C@H]6CC[C@H](C6)N4C(=O)[C@@H](NC(=O)OC)C(C)C)=N5)cc3)cc2)[nH]1)C(C)C.COC(=O)N[C@H](C(=O)N1[C@@H]2CC[C@@H](C2)[C@H]1C1=Nc2ccc(-c3ccc(-c4ccc(-c5ccc6nc([C@@H]7[C@H]8CC[C@H](C8)N7C(=O)[C@@H](NC(=O)OC)C(C)C)[nH]c6c5)cc4)cc3)cc2C1)C(C)C. The van der Waals surface area contributed by atoms with Crippen molar-refractivity contribution in [2.75, 3.05) is 35.0 Å². The van der Waals surface area contributed by atoms with Gasteiger partial charge in [-0.2, -0.15) is 0 Å². The van der Waals surface area contributed by atoms with Crippen LogP contribution in [0.3, 0.4) is 0 Å². The molecule has 9 aliphatic rings. The zero-order chi connectivity index (χ0) is 88.2. The van der Waals surface area contributed by atoms with Gasteiger partial charge >= 0.3 is 24.4 Å². The number of carbonyl (C=O) groups is 8. The number of nitrogens with one attached hydrogen (secondary N) is 6. The Morgan fingerprint density at radius 2 is 0.722 bits per heavy atom. The van der Waals surface area contributed by atoms with Gasteiger partial charge in [0.2, 0.25) is 23.6 Å². The van der Waals surface area contributed by atoms with E-state index in [1.165, 1.54) is 34.0 Å². The Bertz CT molecular complexity index is 5700. The Balaban J connectivity index is 0.000000179. The smallest absolute Gasteiger partial charge is 0.407 e. The number of hydrogen-bond donors (Lipinski definition) is 6. The number of aromatic amines is 2. The first kappa shape index (κ1) is 85.7. The van der Waals surface area contributed by atoms with Crippen molar-refractivity contribution in [2.45, 2.75) is 205 Å². The van der Waals surface area contributed by atoms with Crippen molar-refractivity contribution in [3.63, 3.8) is 0 Å². The third kappa shape index (κ3) is 16.8. The number of piperidine rings is 3. The molecule has 26 heteroatoms.